The van der Waals surface area contributed by atoms with E-state index in [0.717, 1.165) is 20.8 Å². The molecule has 0 heterocycles. The molecule has 1 rings (SSSR count). The number of hydrogen-bond donors (Lipinski definition) is 0. The van der Waals surface area contributed by atoms with Crippen molar-refractivity contribution in [3.05, 3.63) is 27.2 Å². The van der Waals surface area contributed by atoms with Crippen LogP contribution in [-0.2, 0) is 0 Å². The Bertz CT molecular complexity index is 401. The fraction of sp³-hybridized carbons (Fsp3) is 0.538. The van der Waals surface area contributed by atoms with Crippen LogP contribution < -0.4 is 4.43 Å². The van der Waals surface area contributed by atoms with Crippen molar-refractivity contribution >= 4 is 35.8 Å². The zero-order valence-corrected chi connectivity index (χ0v) is 14.7. The van der Waals surface area contributed by atoms with Gasteiger partial charge in [0.05, 0.1) is 0 Å². The van der Waals surface area contributed by atoms with Crippen LogP contribution in [0.4, 0.5) is 0 Å². The molecule has 0 N–H and O–H groups in total. The molecule has 0 fully saturated rings. The minimum Gasteiger partial charge on any atom is -0.543 e. The molecule has 0 bridgehead atoms. The van der Waals surface area contributed by atoms with Gasteiger partial charge in [-0.25, -0.2) is 0 Å². The molecule has 4 heteroatoms. The summed E-state index contributed by atoms with van der Waals surface area (Å²) in [6.07, 6.45) is 0. The van der Waals surface area contributed by atoms with Crippen LogP contribution in [0.3, 0.4) is 0 Å². The molecule has 17 heavy (non-hydrogen) atoms. The first-order valence-corrected chi connectivity index (χ1v) is 9.77. The summed E-state index contributed by atoms with van der Waals surface area (Å²) >= 11 is 9.67. The average molecular weight is 336 g/mol. The lowest BCUT2D eigenvalue weighted by Crippen LogP contribution is -2.43. The van der Waals surface area contributed by atoms with Crippen molar-refractivity contribution in [2.75, 3.05) is 0 Å². The highest BCUT2D eigenvalue weighted by molar-refractivity contribution is 9.10. The summed E-state index contributed by atoms with van der Waals surface area (Å²) in [5.41, 5.74) is 1.05. The van der Waals surface area contributed by atoms with Gasteiger partial charge in [0.2, 0.25) is 8.32 Å². The summed E-state index contributed by atoms with van der Waals surface area (Å²) in [4.78, 5) is 0. The Balaban J connectivity index is 3.05. The Morgan fingerprint density at radius 3 is 2.18 bits per heavy atom. The molecule has 96 valence electrons. The third-order valence-electron chi connectivity index (χ3n) is 3.43. The normalized spacial score (nSPS) is 12.7. The van der Waals surface area contributed by atoms with E-state index in [1.54, 1.807) is 0 Å². The summed E-state index contributed by atoms with van der Waals surface area (Å²) in [5.74, 6) is 0.860. The topological polar surface area (TPSA) is 9.23 Å². The molecule has 0 spiro atoms. The summed E-state index contributed by atoms with van der Waals surface area (Å²) in [6, 6.07) is 3.91. The molecule has 0 saturated carbocycles. The van der Waals surface area contributed by atoms with Gasteiger partial charge >= 0.3 is 0 Å². The molecule has 1 nitrogen and oxygen atoms in total. The van der Waals surface area contributed by atoms with Crippen LogP contribution in [0.2, 0.25) is 23.2 Å². The maximum atomic E-state index is 6.21. The van der Waals surface area contributed by atoms with E-state index in [4.69, 9.17) is 16.0 Å². The molecule has 0 aliphatic carbocycles. The smallest absolute Gasteiger partial charge is 0.250 e. The fourth-order valence-electron chi connectivity index (χ4n) is 1.13. The third kappa shape index (κ3) is 3.49. The standard InChI is InChI=1S/C13H20BrClOSi/c1-9-11(14)7-10(8-12(9)15)16-17(5,6)13(2,3)4/h7-8H,1-6H3. The summed E-state index contributed by atoms with van der Waals surface area (Å²) in [6.45, 7) is 13.1. The van der Waals surface area contributed by atoms with Crippen LogP contribution in [0.15, 0.2) is 16.6 Å². The van der Waals surface area contributed by atoms with Gasteiger partial charge in [0.1, 0.15) is 5.75 Å². The summed E-state index contributed by atoms with van der Waals surface area (Å²) in [5, 5.41) is 0.935. The highest BCUT2D eigenvalue weighted by atomic mass is 79.9. The molecule has 0 aliphatic heterocycles. The number of benzene rings is 1. The van der Waals surface area contributed by atoms with Crippen LogP contribution in [-0.4, -0.2) is 8.32 Å². The number of rotatable bonds is 2. The molecular formula is C13H20BrClOSi. The van der Waals surface area contributed by atoms with Crippen LogP contribution in [0.25, 0.3) is 0 Å². The number of hydrogen-bond acceptors (Lipinski definition) is 1. The maximum absolute atomic E-state index is 6.21. The zero-order chi connectivity index (χ0) is 13.4. The molecule has 0 aromatic heterocycles. The third-order valence-corrected chi connectivity index (χ3v) is 9.01. The molecular weight excluding hydrogens is 316 g/mol. The second kappa shape index (κ2) is 4.94. The minimum absolute atomic E-state index is 0.191. The number of halogens is 2. The van der Waals surface area contributed by atoms with Gasteiger partial charge in [-0.05, 0) is 42.8 Å². The molecule has 0 amide bonds. The van der Waals surface area contributed by atoms with Crippen molar-refractivity contribution in [1.29, 1.82) is 0 Å². The van der Waals surface area contributed by atoms with E-state index in [1.165, 1.54) is 0 Å². The van der Waals surface area contributed by atoms with Gasteiger partial charge in [-0.15, -0.1) is 0 Å². The predicted molar refractivity (Wildman–Crippen MR) is 81.7 cm³/mol. The Kier molecular flexibility index (Phi) is 4.38. The summed E-state index contributed by atoms with van der Waals surface area (Å²) in [7, 11) is -1.79. The highest BCUT2D eigenvalue weighted by Crippen LogP contribution is 2.39. The second-order valence-corrected chi connectivity index (χ2v) is 11.9. The Morgan fingerprint density at radius 1 is 1.24 bits per heavy atom. The van der Waals surface area contributed by atoms with E-state index in [9.17, 15) is 0 Å². The first-order valence-electron chi connectivity index (χ1n) is 5.69. The van der Waals surface area contributed by atoms with Crippen molar-refractivity contribution in [3.8, 4) is 5.75 Å². The van der Waals surface area contributed by atoms with Crippen LogP contribution >= 0.6 is 27.5 Å². The largest absolute Gasteiger partial charge is 0.543 e. The van der Waals surface area contributed by atoms with Crippen molar-refractivity contribution in [1.82, 2.24) is 0 Å². The molecule has 1 aromatic rings. The first kappa shape index (κ1) is 15.1. The Labute approximate surface area is 119 Å². The SMILES string of the molecule is Cc1c(Cl)cc(O[Si](C)(C)C(C)(C)C)cc1Br. The van der Waals surface area contributed by atoms with Crippen molar-refractivity contribution in [2.45, 2.75) is 45.8 Å². The lowest BCUT2D eigenvalue weighted by atomic mass is 10.2. The Morgan fingerprint density at radius 2 is 1.76 bits per heavy atom. The molecule has 0 saturated heterocycles. The van der Waals surface area contributed by atoms with Crippen molar-refractivity contribution in [3.63, 3.8) is 0 Å². The molecule has 0 unspecified atom stereocenters. The second-order valence-electron chi connectivity index (χ2n) is 5.87. The van der Waals surface area contributed by atoms with E-state index in [1.807, 2.05) is 19.1 Å². The Hall–Kier alpha value is 0.00688. The van der Waals surface area contributed by atoms with E-state index in [2.05, 4.69) is 49.8 Å². The van der Waals surface area contributed by atoms with Gasteiger partial charge in [0, 0.05) is 9.50 Å². The van der Waals surface area contributed by atoms with Crippen LogP contribution in [0.5, 0.6) is 5.75 Å². The van der Waals surface area contributed by atoms with Gasteiger partial charge in [-0.3, -0.25) is 0 Å². The van der Waals surface area contributed by atoms with Gasteiger partial charge in [-0.1, -0.05) is 48.3 Å². The van der Waals surface area contributed by atoms with Gasteiger partial charge in [0.25, 0.3) is 0 Å². The lowest BCUT2D eigenvalue weighted by Gasteiger charge is -2.36. The van der Waals surface area contributed by atoms with E-state index < -0.39 is 8.32 Å². The highest BCUT2D eigenvalue weighted by Gasteiger charge is 2.39. The lowest BCUT2D eigenvalue weighted by molar-refractivity contribution is 0.492. The van der Waals surface area contributed by atoms with Gasteiger partial charge in [-0.2, -0.15) is 0 Å². The van der Waals surface area contributed by atoms with Crippen molar-refractivity contribution < 1.29 is 4.43 Å². The van der Waals surface area contributed by atoms with Gasteiger partial charge in [0.15, 0.2) is 0 Å². The molecule has 1 aromatic carbocycles. The fourth-order valence-corrected chi connectivity index (χ4v) is 2.90. The zero-order valence-electron chi connectivity index (χ0n) is 11.3. The minimum atomic E-state index is -1.79. The van der Waals surface area contributed by atoms with E-state index in [-0.39, 0.29) is 5.04 Å². The van der Waals surface area contributed by atoms with Crippen LogP contribution in [0, 0.1) is 6.92 Å². The van der Waals surface area contributed by atoms with Gasteiger partial charge < -0.3 is 4.43 Å². The monoisotopic (exact) mass is 334 g/mol. The molecule has 0 radical (unpaired) electrons. The maximum Gasteiger partial charge on any atom is 0.250 e. The quantitative estimate of drug-likeness (QED) is 0.621. The average Bonchev–Trinajstić information content (AvgIpc) is 2.11. The summed E-state index contributed by atoms with van der Waals surface area (Å²) < 4.78 is 7.21. The van der Waals surface area contributed by atoms with Crippen molar-refractivity contribution in [2.24, 2.45) is 0 Å². The first-order chi connectivity index (χ1) is 7.54. The predicted octanol–water partition coefficient (Wildman–Crippen LogP) is 5.79. The molecule has 0 aliphatic rings. The molecule has 0 atom stereocenters. The van der Waals surface area contributed by atoms with Crippen LogP contribution in [0.1, 0.15) is 26.3 Å². The van der Waals surface area contributed by atoms with E-state index in [0.29, 0.717) is 0 Å². The van der Waals surface area contributed by atoms with E-state index >= 15 is 0 Å².